The largest absolute Gasteiger partial charge is 0.376 e. The maximum Gasteiger partial charge on any atom is 0.102 e. The highest BCUT2D eigenvalue weighted by atomic mass is 35.5. The van der Waals surface area contributed by atoms with Crippen molar-refractivity contribution in [3.8, 4) is 0 Å². The van der Waals surface area contributed by atoms with Gasteiger partial charge >= 0.3 is 0 Å². The Morgan fingerprint density at radius 3 is 3.00 bits per heavy atom. The third-order valence-electron chi connectivity index (χ3n) is 2.47. The summed E-state index contributed by atoms with van der Waals surface area (Å²) in [6, 6.07) is 4.23. The third-order valence-corrected chi connectivity index (χ3v) is 4.43. The highest BCUT2D eigenvalue weighted by Gasteiger charge is 2.25. The molecule has 1 aliphatic heterocycles. The maximum atomic E-state index is 6.36. The number of thiophene rings is 1. The molecule has 0 radical (unpaired) electrons. The van der Waals surface area contributed by atoms with Gasteiger partial charge in [-0.05, 0) is 18.6 Å². The van der Waals surface area contributed by atoms with Crippen molar-refractivity contribution in [1.82, 2.24) is 0 Å². The van der Waals surface area contributed by atoms with Crippen LogP contribution < -0.4 is 0 Å². The molecule has 2 rings (SSSR count). The van der Waals surface area contributed by atoms with Crippen LogP contribution in [0, 0.1) is 0 Å². The number of alkyl halides is 1. The summed E-state index contributed by atoms with van der Waals surface area (Å²) in [5.41, 5.74) is 0. The first kappa shape index (κ1) is 11.4. The first-order valence-corrected chi connectivity index (χ1v) is 6.48. The summed E-state index contributed by atoms with van der Waals surface area (Å²) < 4.78 is 10.9. The second-order valence-electron chi connectivity index (χ2n) is 3.54. The Morgan fingerprint density at radius 1 is 1.53 bits per heavy atom. The number of rotatable bonds is 3. The molecule has 0 bridgehead atoms. The molecule has 0 amide bonds. The fourth-order valence-electron chi connectivity index (χ4n) is 1.59. The summed E-state index contributed by atoms with van der Waals surface area (Å²) in [6.45, 7) is 4.09. The standard InChI is InChI=1S/C11H15ClO2S/c1-2-8-3-4-10(15-8)11(12)9-7-13-5-6-14-9/h3-4,9,11H,2,5-7H2,1H3. The van der Waals surface area contributed by atoms with Crippen molar-refractivity contribution in [2.24, 2.45) is 0 Å². The van der Waals surface area contributed by atoms with Crippen LogP contribution in [0.2, 0.25) is 0 Å². The molecule has 0 spiro atoms. The zero-order valence-electron chi connectivity index (χ0n) is 8.74. The molecular weight excluding hydrogens is 232 g/mol. The monoisotopic (exact) mass is 246 g/mol. The van der Waals surface area contributed by atoms with Crippen molar-refractivity contribution >= 4 is 22.9 Å². The lowest BCUT2D eigenvalue weighted by Crippen LogP contribution is -2.31. The Balaban J connectivity index is 2.02. The third kappa shape index (κ3) is 2.72. The highest BCUT2D eigenvalue weighted by molar-refractivity contribution is 7.12. The van der Waals surface area contributed by atoms with Crippen LogP contribution in [-0.4, -0.2) is 25.9 Å². The summed E-state index contributed by atoms with van der Waals surface area (Å²) in [4.78, 5) is 2.55. The van der Waals surface area contributed by atoms with Crippen molar-refractivity contribution in [2.75, 3.05) is 19.8 Å². The molecule has 2 nitrogen and oxygen atoms in total. The first-order chi connectivity index (χ1) is 7.31. The summed E-state index contributed by atoms with van der Waals surface area (Å²) >= 11 is 8.13. The van der Waals surface area contributed by atoms with E-state index in [9.17, 15) is 0 Å². The van der Waals surface area contributed by atoms with E-state index in [1.807, 2.05) is 0 Å². The van der Waals surface area contributed by atoms with Gasteiger partial charge in [-0.3, -0.25) is 0 Å². The molecule has 0 aromatic carbocycles. The van der Waals surface area contributed by atoms with Gasteiger partial charge < -0.3 is 9.47 Å². The predicted octanol–water partition coefficient (Wildman–Crippen LogP) is 3.01. The number of ether oxygens (including phenoxy) is 2. The van der Waals surface area contributed by atoms with Gasteiger partial charge in [-0.15, -0.1) is 22.9 Å². The van der Waals surface area contributed by atoms with E-state index >= 15 is 0 Å². The quantitative estimate of drug-likeness (QED) is 0.764. The average Bonchev–Trinajstić information content (AvgIpc) is 2.78. The molecule has 1 fully saturated rings. The number of hydrogen-bond donors (Lipinski definition) is 0. The Morgan fingerprint density at radius 2 is 2.40 bits per heavy atom. The summed E-state index contributed by atoms with van der Waals surface area (Å²) in [6.07, 6.45) is 1.07. The molecule has 2 unspecified atom stereocenters. The van der Waals surface area contributed by atoms with Crippen LogP contribution in [0.1, 0.15) is 22.1 Å². The van der Waals surface area contributed by atoms with E-state index < -0.39 is 0 Å². The lowest BCUT2D eigenvalue weighted by molar-refractivity contribution is -0.0889. The molecule has 0 saturated carbocycles. The van der Waals surface area contributed by atoms with E-state index in [-0.39, 0.29) is 11.5 Å². The smallest absolute Gasteiger partial charge is 0.102 e. The normalized spacial score (nSPS) is 24.0. The van der Waals surface area contributed by atoms with Gasteiger partial charge in [0, 0.05) is 9.75 Å². The molecule has 0 aliphatic carbocycles. The highest BCUT2D eigenvalue weighted by Crippen LogP contribution is 2.33. The van der Waals surface area contributed by atoms with Gasteiger partial charge in [-0.2, -0.15) is 0 Å². The van der Waals surface area contributed by atoms with Gasteiger partial charge in [-0.1, -0.05) is 6.92 Å². The molecular formula is C11H15ClO2S. The number of hydrogen-bond acceptors (Lipinski definition) is 3. The topological polar surface area (TPSA) is 18.5 Å². The Kier molecular flexibility index (Phi) is 4.03. The van der Waals surface area contributed by atoms with Crippen molar-refractivity contribution in [1.29, 1.82) is 0 Å². The summed E-state index contributed by atoms with van der Waals surface area (Å²) in [5, 5.41) is -0.0735. The molecule has 0 N–H and O–H groups in total. The maximum absolute atomic E-state index is 6.36. The van der Waals surface area contributed by atoms with Crippen molar-refractivity contribution in [2.45, 2.75) is 24.8 Å². The second kappa shape index (κ2) is 5.30. The second-order valence-corrected chi connectivity index (χ2v) is 5.21. The zero-order chi connectivity index (χ0) is 10.7. The Labute approximate surface area is 99.2 Å². The molecule has 1 aromatic rings. The molecule has 1 aromatic heterocycles. The zero-order valence-corrected chi connectivity index (χ0v) is 10.3. The molecule has 1 saturated heterocycles. The predicted molar refractivity (Wildman–Crippen MR) is 62.9 cm³/mol. The van der Waals surface area contributed by atoms with Crippen LogP contribution in [0.25, 0.3) is 0 Å². The van der Waals surface area contributed by atoms with E-state index in [1.54, 1.807) is 11.3 Å². The molecule has 84 valence electrons. The summed E-state index contributed by atoms with van der Waals surface area (Å²) in [7, 11) is 0. The number of halogens is 1. The van der Waals surface area contributed by atoms with Gasteiger partial charge in [0.05, 0.1) is 25.2 Å². The van der Waals surface area contributed by atoms with Crippen molar-refractivity contribution < 1.29 is 9.47 Å². The van der Waals surface area contributed by atoms with Crippen LogP contribution >= 0.6 is 22.9 Å². The van der Waals surface area contributed by atoms with Crippen LogP contribution in [-0.2, 0) is 15.9 Å². The van der Waals surface area contributed by atoms with Crippen LogP contribution in [0.15, 0.2) is 12.1 Å². The van der Waals surface area contributed by atoms with E-state index in [0.717, 1.165) is 6.42 Å². The number of aryl methyl sites for hydroxylation is 1. The molecule has 1 aliphatic rings. The fraction of sp³-hybridized carbons (Fsp3) is 0.636. The fourth-order valence-corrected chi connectivity index (χ4v) is 2.93. The summed E-state index contributed by atoms with van der Waals surface area (Å²) in [5.74, 6) is 0. The van der Waals surface area contributed by atoms with Crippen LogP contribution in [0.5, 0.6) is 0 Å². The van der Waals surface area contributed by atoms with Crippen molar-refractivity contribution in [3.63, 3.8) is 0 Å². The minimum atomic E-state index is -0.0735. The van der Waals surface area contributed by atoms with Gasteiger partial charge in [-0.25, -0.2) is 0 Å². The SMILES string of the molecule is CCc1ccc(C(Cl)C2COCCO2)s1. The van der Waals surface area contributed by atoms with Crippen LogP contribution in [0.4, 0.5) is 0 Å². The lowest BCUT2D eigenvalue weighted by atomic mass is 10.2. The van der Waals surface area contributed by atoms with E-state index in [0.29, 0.717) is 19.8 Å². The lowest BCUT2D eigenvalue weighted by Gasteiger charge is -2.26. The molecule has 4 heteroatoms. The molecule has 2 atom stereocenters. The van der Waals surface area contributed by atoms with E-state index in [4.69, 9.17) is 21.1 Å². The molecule has 15 heavy (non-hydrogen) atoms. The Bertz CT molecular complexity index is 307. The van der Waals surface area contributed by atoms with Gasteiger partial charge in [0.15, 0.2) is 0 Å². The minimum absolute atomic E-state index is 0.00349. The minimum Gasteiger partial charge on any atom is -0.376 e. The van der Waals surface area contributed by atoms with E-state index in [1.165, 1.54) is 9.75 Å². The van der Waals surface area contributed by atoms with Crippen LogP contribution in [0.3, 0.4) is 0 Å². The van der Waals surface area contributed by atoms with Crippen molar-refractivity contribution in [3.05, 3.63) is 21.9 Å². The molecule has 2 heterocycles. The van der Waals surface area contributed by atoms with E-state index in [2.05, 4.69) is 19.1 Å². The van der Waals surface area contributed by atoms with Gasteiger partial charge in [0.2, 0.25) is 0 Å². The average molecular weight is 247 g/mol. The first-order valence-electron chi connectivity index (χ1n) is 5.23. The Hall–Kier alpha value is -0.0900. The van der Waals surface area contributed by atoms with Gasteiger partial charge in [0.25, 0.3) is 0 Å². The van der Waals surface area contributed by atoms with Gasteiger partial charge in [0.1, 0.15) is 6.10 Å².